The number of fused-ring (bicyclic) bond motifs is 1. The van der Waals surface area contributed by atoms with E-state index in [1.807, 2.05) is 31.2 Å². The van der Waals surface area contributed by atoms with E-state index in [9.17, 15) is 9.59 Å². The van der Waals surface area contributed by atoms with Crippen molar-refractivity contribution >= 4 is 23.5 Å². The molecule has 0 saturated carbocycles. The van der Waals surface area contributed by atoms with Crippen LogP contribution in [0, 0.1) is 6.92 Å². The summed E-state index contributed by atoms with van der Waals surface area (Å²) in [5.41, 5.74) is 4.46. The Morgan fingerprint density at radius 1 is 1.26 bits per heavy atom. The molecule has 0 saturated heterocycles. The smallest absolute Gasteiger partial charge is 0.337 e. The molecular weight excluding hydrogens is 418 g/mol. The second-order valence-corrected chi connectivity index (χ2v) is 7.90. The van der Waals surface area contributed by atoms with Crippen molar-refractivity contribution in [3.8, 4) is 16.9 Å². The SMILES string of the molecule is COC(=O)c1ccc(-c2cc(Cl)cc3c2OC(CNC(=O)c2cc(C)nn2C)C3)cc1. The second-order valence-electron chi connectivity index (χ2n) is 7.46. The molecule has 1 N–H and O–H groups in total. The van der Waals surface area contributed by atoms with Crippen LogP contribution in [0.5, 0.6) is 5.75 Å². The Bertz CT molecular complexity index is 1150. The lowest BCUT2D eigenvalue weighted by Gasteiger charge is -2.14. The molecule has 0 radical (unpaired) electrons. The molecule has 8 heteroatoms. The molecule has 1 unspecified atom stereocenters. The summed E-state index contributed by atoms with van der Waals surface area (Å²) in [5.74, 6) is 0.156. The molecule has 7 nitrogen and oxygen atoms in total. The third-order valence-corrected chi connectivity index (χ3v) is 5.42. The normalized spacial score (nSPS) is 14.6. The van der Waals surface area contributed by atoms with Crippen LogP contribution in [0.2, 0.25) is 5.02 Å². The number of carbonyl (C=O) groups is 2. The number of halogens is 1. The van der Waals surface area contributed by atoms with E-state index < -0.39 is 5.97 Å². The van der Waals surface area contributed by atoms with Gasteiger partial charge in [-0.1, -0.05) is 23.7 Å². The van der Waals surface area contributed by atoms with Gasteiger partial charge in [-0.05, 0) is 42.8 Å². The van der Waals surface area contributed by atoms with Gasteiger partial charge >= 0.3 is 5.97 Å². The topological polar surface area (TPSA) is 82.4 Å². The third-order valence-electron chi connectivity index (χ3n) is 5.20. The molecular formula is C23H22ClN3O4. The summed E-state index contributed by atoms with van der Waals surface area (Å²) in [6.45, 7) is 2.20. The highest BCUT2D eigenvalue weighted by Gasteiger charge is 2.27. The number of amides is 1. The fourth-order valence-corrected chi connectivity index (χ4v) is 3.99. The lowest BCUT2D eigenvalue weighted by atomic mass is 9.99. The molecule has 0 bridgehead atoms. The quantitative estimate of drug-likeness (QED) is 0.614. The van der Waals surface area contributed by atoms with Crippen LogP contribution in [-0.2, 0) is 18.2 Å². The van der Waals surface area contributed by atoms with Gasteiger partial charge < -0.3 is 14.8 Å². The van der Waals surface area contributed by atoms with Crippen molar-refractivity contribution in [3.63, 3.8) is 0 Å². The standard InChI is InChI=1S/C23H22ClN3O4/c1-13-8-20(27(2)26-13)22(28)25-12-18-10-16-9-17(24)11-19(21(16)31-18)14-4-6-15(7-5-14)23(29)30-3/h4-9,11,18H,10,12H2,1-3H3,(H,25,28). The highest BCUT2D eigenvalue weighted by atomic mass is 35.5. The molecule has 0 aliphatic carbocycles. The number of nitrogens with one attached hydrogen (secondary N) is 1. The summed E-state index contributed by atoms with van der Waals surface area (Å²) in [7, 11) is 3.09. The third kappa shape index (κ3) is 4.27. The van der Waals surface area contributed by atoms with Gasteiger partial charge in [0.25, 0.3) is 5.91 Å². The van der Waals surface area contributed by atoms with Crippen LogP contribution in [-0.4, -0.2) is 41.4 Å². The number of aromatic nitrogens is 2. The number of methoxy groups -OCH3 is 1. The van der Waals surface area contributed by atoms with Crippen molar-refractivity contribution in [2.24, 2.45) is 7.05 Å². The number of nitrogens with zero attached hydrogens (tertiary/aromatic N) is 2. The van der Waals surface area contributed by atoms with E-state index in [0.29, 0.717) is 29.2 Å². The predicted octanol–water partition coefficient (Wildman–Crippen LogP) is 3.57. The highest BCUT2D eigenvalue weighted by molar-refractivity contribution is 6.31. The molecule has 2 heterocycles. The van der Waals surface area contributed by atoms with Crippen molar-refractivity contribution in [1.29, 1.82) is 0 Å². The first-order valence-corrected chi connectivity index (χ1v) is 10.2. The number of esters is 1. The first-order valence-electron chi connectivity index (χ1n) is 9.82. The van der Waals surface area contributed by atoms with Crippen LogP contribution in [0.25, 0.3) is 11.1 Å². The largest absolute Gasteiger partial charge is 0.487 e. The second kappa shape index (κ2) is 8.43. The van der Waals surface area contributed by atoms with Crippen molar-refractivity contribution in [3.05, 3.63) is 70.0 Å². The summed E-state index contributed by atoms with van der Waals surface area (Å²) in [5, 5.41) is 7.72. The van der Waals surface area contributed by atoms with E-state index in [1.54, 1.807) is 29.9 Å². The van der Waals surface area contributed by atoms with Gasteiger partial charge in [-0.3, -0.25) is 9.48 Å². The van der Waals surface area contributed by atoms with E-state index in [0.717, 1.165) is 28.1 Å². The highest BCUT2D eigenvalue weighted by Crippen LogP contribution is 2.41. The molecule has 160 valence electrons. The minimum Gasteiger partial charge on any atom is -0.487 e. The van der Waals surface area contributed by atoms with Crippen LogP contribution in [0.1, 0.15) is 32.1 Å². The maximum absolute atomic E-state index is 12.5. The molecule has 1 aromatic heterocycles. The Morgan fingerprint density at radius 3 is 2.65 bits per heavy atom. The lowest BCUT2D eigenvalue weighted by molar-refractivity contribution is 0.0600. The summed E-state index contributed by atoms with van der Waals surface area (Å²) >= 11 is 6.35. The van der Waals surface area contributed by atoms with Crippen molar-refractivity contribution < 1.29 is 19.1 Å². The van der Waals surface area contributed by atoms with Crippen LogP contribution in [0.3, 0.4) is 0 Å². The zero-order valence-electron chi connectivity index (χ0n) is 17.4. The number of ether oxygens (including phenoxy) is 2. The molecule has 2 aromatic carbocycles. The Labute approximate surface area is 184 Å². The minimum atomic E-state index is -0.390. The molecule has 0 fully saturated rings. The van der Waals surface area contributed by atoms with Gasteiger partial charge in [-0.25, -0.2) is 4.79 Å². The lowest BCUT2D eigenvalue weighted by Crippen LogP contribution is -2.35. The van der Waals surface area contributed by atoms with Gasteiger partial charge in [0, 0.05) is 29.6 Å². The van der Waals surface area contributed by atoms with Gasteiger partial charge in [-0.2, -0.15) is 5.10 Å². The summed E-state index contributed by atoms with van der Waals surface area (Å²) in [6.07, 6.45) is 0.424. The van der Waals surface area contributed by atoms with Crippen LogP contribution < -0.4 is 10.1 Å². The first kappa shape index (κ1) is 20.9. The zero-order valence-corrected chi connectivity index (χ0v) is 18.2. The van der Waals surface area contributed by atoms with Gasteiger partial charge in [0.1, 0.15) is 17.5 Å². The van der Waals surface area contributed by atoms with Crippen LogP contribution in [0.15, 0.2) is 42.5 Å². The van der Waals surface area contributed by atoms with Crippen LogP contribution >= 0.6 is 11.6 Å². The maximum Gasteiger partial charge on any atom is 0.337 e. The number of benzene rings is 2. The average Bonchev–Trinajstić information content (AvgIpc) is 3.32. The predicted molar refractivity (Wildman–Crippen MR) is 117 cm³/mol. The van der Waals surface area contributed by atoms with E-state index in [-0.39, 0.29) is 12.0 Å². The molecule has 31 heavy (non-hydrogen) atoms. The van der Waals surface area contributed by atoms with Crippen molar-refractivity contribution in [1.82, 2.24) is 15.1 Å². The van der Waals surface area contributed by atoms with Crippen LogP contribution in [0.4, 0.5) is 0 Å². The van der Waals surface area contributed by atoms with Gasteiger partial charge in [0.05, 0.1) is 24.9 Å². The van der Waals surface area contributed by atoms with Gasteiger partial charge in [0.2, 0.25) is 0 Å². The fraction of sp³-hybridized carbons (Fsp3) is 0.261. The van der Waals surface area contributed by atoms with Gasteiger partial charge in [0.15, 0.2) is 0 Å². The Balaban J connectivity index is 1.50. The van der Waals surface area contributed by atoms with E-state index in [1.165, 1.54) is 7.11 Å². The van der Waals surface area contributed by atoms with E-state index in [2.05, 4.69) is 10.4 Å². The Hall–Kier alpha value is -3.32. The van der Waals surface area contributed by atoms with E-state index in [4.69, 9.17) is 21.1 Å². The number of aryl methyl sites for hydroxylation is 2. The minimum absolute atomic E-state index is 0.195. The molecule has 1 atom stereocenters. The first-order chi connectivity index (χ1) is 14.9. The monoisotopic (exact) mass is 439 g/mol. The molecule has 1 aliphatic heterocycles. The van der Waals surface area contributed by atoms with E-state index >= 15 is 0 Å². The average molecular weight is 440 g/mol. The summed E-state index contributed by atoms with van der Waals surface area (Å²) < 4.78 is 12.5. The number of hydrogen-bond donors (Lipinski definition) is 1. The molecule has 4 rings (SSSR count). The fourth-order valence-electron chi connectivity index (χ4n) is 3.75. The summed E-state index contributed by atoms with van der Waals surface area (Å²) in [4.78, 5) is 24.2. The van der Waals surface area contributed by atoms with Crippen molar-refractivity contribution in [2.45, 2.75) is 19.4 Å². The van der Waals surface area contributed by atoms with Crippen molar-refractivity contribution in [2.75, 3.05) is 13.7 Å². The molecule has 0 spiro atoms. The number of carbonyl (C=O) groups excluding carboxylic acids is 2. The molecule has 1 amide bonds. The summed E-state index contributed by atoms with van der Waals surface area (Å²) in [6, 6.07) is 12.6. The number of rotatable bonds is 5. The Morgan fingerprint density at radius 2 is 2.00 bits per heavy atom. The Kier molecular flexibility index (Phi) is 5.69. The molecule has 1 aliphatic rings. The maximum atomic E-state index is 12.5. The zero-order chi connectivity index (χ0) is 22.1. The van der Waals surface area contributed by atoms with Gasteiger partial charge in [-0.15, -0.1) is 0 Å². The number of hydrogen-bond acceptors (Lipinski definition) is 5. The molecule has 3 aromatic rings.